The summed E-state index contributed by atoms with van der Waals surface area (Å²) in [5, 5.41) is 11.3. The fourth-order valence-electron chi connectivity index (χ4n) is 3.76. The Labute approximate surface area is 134 Å². The first kappa shape index (κ1) is 12.8. The minimum Gasteiger partial charge on any atom is -0.354 e. The van der Waals surface area contributed by atoms with E-state index in [1.807, 2.05) is 23.6 Å². The van der Waals surface area contributed by atoms with Crippen molar-refractivity contribution in [2.75, 3.05) is 29.4 Å². The molecule has 2 aromatic rings. The highest BCUT2D eigenvalue weighted by molar-refractivity contribution is 7.15. The molecule has 5 rings (SSSR count). The van der Waals surface area contributed by atoms with Gasteiger partial charge in [-0.2, -0.15) is 0 Å². The second-order valence-electron chi connectivity index (χ2n) is 6.60. The monoisotopic (exact) mass is 313 g/mol. The number of pyridine rings is 1. The van der Waals surface area contributed by atoms with Crippen LogP contribution in [-0.4, -0.2) is 40.9 Å². The Balaban J connectivity index is 1.36. The first-order valence-electron chi connectivity index (χ1n) is 8.14. The summed E-state index contributed by atoms with van der Waals surface area (Å²) >= 11 is 1.82. The zero-order valence-corrected chi connectivity index (χ0v) is 13.2. The van der Waals surface area contributed by atoms with Gasteiger partial charge >= 0.3 is 0 Å². The molecule has 0 N–H and O–H groups in total. The topological polar surface area (TPSA) is 45.2 Å². The van der Waals surface area contributed by atoms with Gasteiger partial charge in [0.2, 0.25) is 5.13 Å². The van der Waals surface area contributed by atoms with Gasteiger partial charge in [0.1, 0.15) is 10.8 Å². The summed E-state index contributed by atoms with van der Waals surface area (Å²) in [5.74, 6) is 2.54. The molecule has 4 heterocycles. The highest BCUT2D eigenvalue weighted by Gasteiger charge is 2.43. The second-order valence-corrected chi connectivity index (χ2v) is 7.59. The van der Waals surface area contributed by atoms with Crippen LogP contribution >= 0.6 is 11.3 Å². The van der Waals surface area contributed by atoms with Gasteiger partial charge in [-0.15, -0.1) is 10.2 Å². The Kier molecular flexibility index (Phi) is 2.86. The zero-order valence-electron chi connectivity index (χ0n) is 12.4. The third kappa shape index (κ3) is 2.08. The molecular formula is C16H19N5S. The molecule has 1 aliphatic carbocycles. The van der Waals surface area contributed by atoms with Crippen molar-refractivity contribution >= 4 is 22.3 Å². The van der Waals surface area contributed by atoms with Gasteiger partial charge in [0.15, 0.2) is 0 Å². The molecule has 0 radical (unpaired) electrons. The van der Waals surface area contributed by atoms with Crippen molar-refractivity contribution in [1.82, 2.24) is 15.2 Å². The molecule has 0 spiro atoms. The molecule has 2 aliphatic heterocycles. The Bertz CT molecular complexity index is 668. The molecule has 2 unspecified atom stereocenters. The van der Waals surface area contributed by atoms with Crippen LogP contribution in [0, 0.1) is 5.92 Å². The molecule has 5 nitrogen and oxygen atoms in total. The molecule has 1 saturated carbocycles. The zero-order chi connectivity index (χ0) is 14.5. The Morgan fingerprint density at radius 3 is 2.86 bits per heavy atom. The van der Waals surface area contributed by atoms with E-state index in [4.69, 9.17) is 0 Å². The third-order valence-corrected chi connectivity index (χ3v) is 6.25. The average Bonchev–Trinajstić information content (AvgIpc) is 2.98. The summed E-state index contributed by atoms with van der Waals surface area (Å²) in [6.45, 7) is 3.30. The summed E-state index contributed by atoms with van der Waals surface area (Å²) in [7, 11) is 0. The van der Waals surface area contributed by atoms with Crippen LogP contribution in [0.3, 0.4) is 0 Å². The van der Waals surface area contributed by atoms with E-state index in [1.54, 1.807) is 0 Å². The van der Waals surface area contributed by atoms with Crippen LogP contribution in [0.2, 0.25) is 0 Å². The van der Waals surface area contributed by atoms with Gasteiger partial charge in [-0.1, -0.05) is 17.4 Å². The highest BCUT2D eigenvalue weighted by Crippen LogP contribution is 2.44. The predicted octanol–water partition coefficient (Wildman–Crippen LogP) is 2.53. The molecular weight excluding hydrogens is 294 g/mol. The summed E-state index contributed by atoms with van der Waals surface area (Å²) in [5.41, 5.74) is 0. The highest BCUT2D eigenvalue weighted by atomic mass is 32.1. The number of nitrogens with zero attached hydrogens (tertiary/aromatic N) is 5. The van der Waals surface area contributed by atoms with Crippen LogP contribution in [0.15, 0.2) is 24.4 Å². The number of rotatable bonds is 3. The first-order valence-corrected chi connectivity index (χ1v) is 8.96. The van der Waals surface area contributed by atoms with E-state index in [1.165, 1.54) is 24.3 Å². The van der Waals surface area contributed by atoms with Gasteiger partial charge in [0, 0.05) is 37.7 Å². The lowest BCUT2D eigenvalue weighted by Gasteiger charge is -2.24. The van der Waals surface area contributed by atoms with E-state index >= 15 is 0 Å². The molecule has 3 fully saturated rings. The van der Waals surface area contributed by atoms with Crippen molar-refractivity contribution < 1.29 is 0 Å². The summed E-state index contributed by atoms with van der Waals surface area (Å²) in [6, 6.07) is 6.73. The Morgan fingerprint density at radius 2 is 2.05 bits per heavy atom. The predicted molar refractivity (Wildman–Crippen MR) is 87.6 cm³/mol. The Hall–Kier alpha value is -1.69. The van der Waals surface area contributed by atoms with Crippen molar-refractivity contribution in [3.8, 4) is 0 Å². The number of fused-ring (bicyclic) bond motifs is 1. The number of hydrogen-bond donors (Lipinski definition) is 0. The number of hydrogen-bond acceptors (Lipinski definition) is 6. The van der Waals surface area contributed by atoms with Gasteiger partial charge < -0.3 is 9.80 Å². The SMILES string of the molecule is c1ccc(N2CC3CCN(c4nnc(C5CC5)s4)C3C2)nc1. The van der Waals surface area contributed by atoms with Crippen molar-refractivity contribution in [2.45, 2.75) is 31.2 Å². The van der Waals surface area contributed by atoms with Crippen molar-refractivity contribution in [3.05, 3.63) is 29.4 Å². The van der Waals surface area contributed by atoms with Crippen LogP contribution < -0.4 is 9.80 Å². The maximum atomic E-state index is 4.50. The van der Waals surface area contributed by atoms with Crippen LogP contribution in [0.25, 0.3) is 0 Å². The number of aromatic nitrogens is 3. The standard InChI is InChI=1S/C16H19N5S/c1-2-7-17-14(3-1)20-9-12-6-8-21(13(12)10-20)16-19-18-15(22-16)11-4-5-11/h1-3,7,11-13H,4-6,8-10H2. The van der Waals surface area contributed by atoms with E-state index in [0.717, 1.165) is 36.5 Å². The van der Waals surface area contributed by atoms with Gasteiger partial charge in [0.25, 0.3) is 0 Å². The summed E-state index contributed by atoms with van der Waals surface area (Å²) < 4.78 is 0. The Morgan fingerprint density at radius 1 is 1.09 bits per heavy atom. The lowest BCUT2D eigenvalue weighted by atomic mass is 10.1. The lowest BCUT2D eigenvalue weighted by Crippen LogP contribution is -2.35. The summed E-state index contributed by atoms with van der Waals surface area (Å²) in [4.78, 5) is 9.42. The molecule has 22 heavy (non-hydrogen) atoms. The molecule has 2 saturated heterocycles. The van der Waals surface area contributed by atoms with Crippen molar-refractivity contribution in [3.63, 3.8) is 0 Å². The molecule has 0 bridgehead atoms. The molecule has 2 atom stereocenters. The minimum atomic E-state index is 0.571. The fourth-order valence-corrected chi connectivity index (χ4v) is 4.86. The quantitative estimate of drug-likeness (QED) is 0.871. The smallest absolute Gasteiger partial charge is 0.208 e. The van der Waals surface area contributed by atoms with Crippen LogP contribution in [0.5, 0.6) is 0 Å². The van der Waals surface area contributed by atoms with E-state index in [2.05, 4.69) is 37.1 Å². The third-order valence-electron chi connectivity index (χ3n) is 5.12. The van der Waals surface area contributed by atoms with Crippen LogP contribution in [0.1, 0.15) is 30.2 Å². The van der Waals surface area contributed by atoms with Crippen molar-refractivity contribution in [1.29, 1.82) is 0 Å². The van der Waals surface area contributed by atoms with Gasteiger partial charge in [-0.3, -0.25) is 0 Å². The maximum absolute atomic E-state index is 4.50. The van der Waals surface area contributed by atoms with E-state index in [0.29, 0.717) is 12.0 Å². The molecule has 2 aromatic heterocycles. The molecule has 3 aliphatic rings. The summed E-state index contributed by atoms with van der Waals surface area (Å²) in [6.07, 6.45) is 5.74. The number of anilines is 2. The normalized spacial score (nSPS) is 27.5. The largest absolute Gasteiger partial charge is 0.354 e. The molecule has 0 amide bonds. The molecule has 0 aromatic carbocycles. The molecule has 114 valence electrons. The van der Waals surface area contributed by atoms with Crippen LogP contribution in [0.4, 0.5) is 10.9 Å². The van der Waals surface area contributed by atoms with Crippen molar-refractivity contribution in [2.24, 2.45) is 5.92 Å². The van der Waals surface area contributed by atoms with Gasteiger partial charge in [-0.25, -0.2) is 4.98 Å². The first-order chi connectivity index (χ1) is 10.9. The van der Waals surface area contributed by atoms with Crippen LogP contribution in [-0.2, 0) is 0 Å². The molecule has 6 heteroatoms. The van der Waals surface area contributed by atoms with Gasteiger partial charge in [0.05, 0.1) is 6.04 Å². The second kappa shape index (κ2) is 4.91. The lowest BCUT2D eigenvalue weighted by molar-refractivity contribution is 0.580. The fraction of sp³-hybridized carbons (Fsp3) is 0.562. The maximum Gasteiger partial charge on any atom is 0.208 e. The minimum absolute atomic E-state index is 0.571. The van der Waals surface area contributed by atoms with Gasteiger partial charge in [-0.05, 0) is 31.4 Å². The van der Waals surface area contributed by atoms with E-state index in [-0.39, 0.29) is 0 Å². The average molecular weight is 313 g/mol. The van der Waals surface area contributed by atoms with E-state index < -0.39 is 0 Å². The van der Waals surface area contributed by atoms with E-state index in [9.17, 15) is 0 Å².